The van der Waals surface area contributed by atoms with Gasteiger partial charge in [-0.05, 0) is 25.0 Å². The van der Waals surface area contributed by atoms with Crippen LogP contribution in [0.4, 0.5) is 0 Å². The van der Waals surface area contributed by atoms with Gasteiger partial charge in [0.05, 0.1) is 4.34 Å². The minimum atomic E-state index is 0.809. The summed E-state index contributed by atoms with van der Waals surface area (Å²) >= 11 is 11.2. The molecule has 1 nitrogen and oxygen atoms in total. The molecule has 15 heavy (non-hydrogen) atoms. The Morgan fingerprint density at radius 3 is 2.73 bits per heavy atom. The van der Waals surface area contributed by atoms with E-state index in [0.717, 1.165) is 28.8 Å². The second-order valence-electron chi connectivity index (χ2n) is 3.95. The fourth-order valence-electron chi connectivity index (χ4n) is 1.89. The van der Waals surface area contributed by atoms with Gasteiger partial charge in [0.2, 0.25) is 0 Å². The third-order valence-electron chi connectivity index (χ3n) is 2.95. The molecule has 1 aliphatic carbocycles. The zero-order chi connectivity index (χ0) is 10.7. The number of halogens is 2. The molecule has 0 N–H and O–H groups in total. The normalized spacial score (nSPS) is 17.0. The summed E-state index contributed by atoms with van der Waals surface area (Å²) in [6.45, 7) is 2.20. The van der Waals surface area contributed by atoms with Gasteiger partial charge in [0.1, 0.15) is 0 Å². The van der Waals surface area contributed by atoms with Crippen molar-refractivity contribution >= 4 is 38.9 Å². The van der Waals surface area contributed by atoms with Crippen molar-refractivity contribution in [3.05, 3.63) is 21.3 Å². The van der Waals surface area contributed by atoms with E-state index in [4.69, 9.17) is 11.6 Å². The second kappa shape index (κ2) is 5.67. The van der Waals surface area contributed by atoms with Gasteiger partial charge in [-0.25, -0.2) is 0 Å². The van der Waals surface area contributed by atoms with Gasteiger partial charge in [-0.3, -0.25) is 4.90 Å². The lowest BCUT2D eigenvalue weighted by Crippen LogP contribution is -2.40. The van der Waals surface area contributed by atoms with Crippen molar-refractivity contribution < 1.29 is 0 Å². The Balaban J connectivity index is 1.93. The molecule has 0 saturated heterocycles. The first kappa shape index (κ1) is 11.9. The van der Waals surface area contributed by atoms with Crippen molar-refractivity contribution in [1.29, 1.82) is 0 Å². The number of nitrogens with zero attached hydrogens (tertiary/aromatic N) is 1. The van der Waals surface area contributed by atoms with Crippen LogP contribution in [0.2, 0.25) is 4.34 Å². The van der Waals surface area contributed by atoms with Crippen molar-refractivity contribution in [1.82, 2.24) is 4.90 Å². The highest BCUT2D eigenvalue weighted by atomic mass is 79.9. The Hall–Kier alpha value is 0.430. The third kappa shape index (κ3) is 3.19. The first-order valence-electron chi connectivity index (χ1n) is 5.34. The van der Waals surface area contributed by atoms with Crippen molar-refractivity contribution in [3.8, 4) is 0 Å². The number of hydrogen-bond donors (Lipinski definition) is 0. The highest BCUT2D eigenvalue weighted by Crippen LogP contribution is 2.29. The SMILES string of the molecule is Clc1ccc(CN(CCBr)C2CCC2)s1. The maximum atomic E-state index is 5.94. The van der Waals surface area contributed by atoms with Crippen LogP contribution in [-0.4, -0.2) is 22.8 Å². The summed E-state index contributed by atoms with van der Waals surface area (Å²) in [5, 5.41) is 1.06. The fourth-order valence-corrected chi connectivity index (χ4v) is 3.46. The van der Waals surface area contributed by atoms with E-state index in [2.05, 4.69) is 26.9 Å². The van der Waals surface area contributed by atoms with E-state index >= 15 is 0 Å². The number of thiophene rings is 1. The van der Waals surface area contributed by atoms with E-state index in [1.807, 2.05) is 6.07 Å². The van der Waals surface area contributed by atoms with Crippen LogP contribution < -0.4 is 0 Å². The number of rotatable bonds is 5. The largest absolute Gasteiger partial charge is 0.294 e. The van der Waals surface area contributed by atoms with Crippen LogP contribution in [0.5, 0.6) is 0 Å². The van der Waals surface area contributed by atoms with Crippen molar-refractivity contribution in [2.75, 3.05) is 11.9 Å². The van der Waals surface area contributed by atoms with E-state index in [0.29, 0.717) is 0 Å². The molecule has 0 aromatic carbocycles. The van der Waals surface area contributed by atoms with Crippen molar-refractivity contribution in [2.45, 2.75) is 31.8 Å². The minimum absolute atomic E-state index is 0.809. The molecule has 1 aromatic rings. The standard InChI is InChI=1S/C11H15BrClNS/c12-6-7-14(9-2-1-3-9)8-10-4-5-11(13)15-10/h4-5,9H,1-3,6-8H2. The molecule has 0 spiro atoms. The maximum Gasteiger partial charge on any atom is 0.0931 e. The van der Waals surface area contributed by atoms with Gasteiger partial charge in [-0.2, -0.15) is 0 Å². The molecule has 0 aliphatic heterocycles. The van der Waals surface area contributed by atoms with Gasteiger partial charge in [-0.15, -0.1) is 11.3 Å². The summed E-state index contributed by atoms with van der Waals surface area (Å²) in [6.07, 6.45) is 4.13. The van der Waals surface area contributed by atoms with Gasteiger partial charge in [0.25, 0.3) is 0 Å². The van der Waals surface area contributed by atoms with Crippen LogP contribution in [0.25, 0.3) is 0 Å². The average Bonchev–Trinajstić information content (AvgIpc) is 2.48. The van der Waals surface area contributed by atoms with Crippen molar-refractivity contribution in [2.24, 2.45) is 0 Å². The van der Waals surface area contributed by atoms with Crippen LogP contribution in [0.1, 0.15) is 24.1 Å². The van der Waals surface area contributed by atoms with Gasteiger partial charge >= 0.3 is 0 Å². The molecular weight excluding hydrogens is 294 g/mol. The maximum absolute atomic E-state index is 5.94. The Morgan fingerprint density at radius 1 is 1.47 bits per heavy atom. The zero-order valence-electron chi connectivity index (χ0n) is 8.59. The van der Waals surface area contributed by atoms with E-state index < -0.39 is 0 Å². The zero-order valence-corrected chi connectivity index (χ0v) is 11.7. The van der Waals surface area contributed by atoms with E-state index in [9.17, 15) is 0 Å². The lowest BCUT2D eigenvalue weighted by Gasteiger charge is -2.37. The van der Waals surface area contributed by atoms with Gasteiger partial charge in [0.15, 0.2) is 0 Å². The molecule has 0 unspecified atom stereocenters. The van der Waals surface area contributed by atoms with Crippen LogP contribution >= 0.6 is 38.9 Å². The summed E-state index contributed by atoms with van der Waals surface area (Å²) in [6, 6.07) is 4.95. The summed E-state index contributed by atoms with van der Waals surface area (Å²) in [5.41, 5.74) is 0. The van der Waals surface area contributed by atoms with Gasteiger partial charge in [0, 0.05) is 29.3 Å². The van der Waals surface area contributed by atoms with Crippen molar-refractivity contribution in [3.63, 3.8) is 0 Å². The summed E-state index contributed by atoms with van der Waals surface area (Å²) in [5.74, 6) is 0. The van der Waals surface area contributed by atoms with Gasteiger partial charge in [-0.1, -0.05) is 34.0 Å². The molecule has 1 heterocycles. The Bertz CT molecular complexity index is 311. The summed E-state index contributed by atoms with van der Waals surface area (Å²) in [7, 11) is 0. The highest BCUT2D eigenvalue weighted by molar-refractivity contribution is 9.09. The monoisotopic (exact) mass is 307 g/mol. The Morgan fingerprint density at radius 2 is 2.27 bits per heavy atom. The van der Waals surface area contributed by atoms with Crippen LogP contribution in [0.3, 0.4) is 0 Å². The quantitative estimate of drug-likeness (QED) is 0.739. The average molecular weight is 309 g/mol. The molecule has 0 atom stereocenters. The molecule has 1 aliphatic rings. The first-order valence-corrected chi connectivity index (χ1v) is 7.65. The predicted molar refractivity (Wildman–Crippen MR) is 71.2 cm³/mol. The second-order valence-corrected chi connectivity index (χ2v) is 6.54. The molecule has 0 amide bonds. The number of hydrogen-bond acceptors (Lipinski definition) is 2. The van der Waals surface area contributed by atoms with E-state index in [-0.39, 0.29) is 0 Å². The molecule has 1 fully saturated rings. The lowest BCUT2D eigenvalue weighted by molar-refractivity contribution is 0.129. The molecule has 2 rings (SSSR count). The topological polar surface area (TPSA) is 3.24 Å². The first-order chi connectivity index (χ1) is 7.29. The Kier molecular flexibility index (Phi) is 4.50. The smallest absolute Gasteiger partial charge is 0.0931 e. The number of alkyl halides is 1. The molecule has 0 radical (unpaired) electrons. The minimum Gasteiger partial charge on any atom is -0.294 e. The molecule has 1 saturated carbocycles. The Labute approximate surface area is 109 Å². The van der Waals surface area contributed by atoms with Gasteiger partial charge < -0.3 is 0 Å². The highest BCUT2D eigenvalue weighted by Gasteiger charge is 2.24. The summed E-state index contributed by atoms with van der Waals surface area (Å²) in [4.78, 5) is 3.95. The van der Waals surface area contributed by atoms with Crippen LogP contribution in [-0.2, 0) is 6.54 Å². The lowest BCUT2D eigenvalue weighted by atomic mass is 9.91. The van der Waals surface area contributed by atoms with Crippen LogP contribution in [0, 0.1) is 0 Å². The summed E-state index contributed by atoms with van der Waals surface area (Å²) < 4.78 is 0.900. The van der Waals surface area contributed by atoms with Crippen LogP contribution in [0.15, 0.2) is 12.1 Å². The molecule has 4 heteroatoms. The third-order valence-corrected chi connectivity index (χ3v) is 4.52. The molecule has 0 bridgehead atoms. The molecular formula is C11H15BrClNS. The van der Waals surface area contributed by atoms with E-state index in [1.54, 1.807) is 11.3 Å². The molecule has 1 aromatic heterocycles. The van der Waals surface area contributed by atoms with E-state index in [1.165, 1.54) is 24.1 Å². The molecule has 84 valence electrons. The fraction of sp³-hybridized carbons (Fsp3) is 0.636. The predicted octanol–water partition coefficient (Wildman–Crippen LogP) is 4.15.